The van der Waals surface area contributed by atoms with Crippen molar-refractivity contribution in [2.75, 3.05) is 11.4 Å². The first-order chi connectivity index (χ1) is 10.3. The van der Waals surface area contributed by atoms with E-state index in [0.717, 1.165) is 16.0 Å². The lowest BCUT2D eigenvalue weighted by molar-refractivity contribution is 0.482. The van der Waals surface area contributed by atoms with Crippen LogP contribution in [0.15, 0.2) is 53.0 Å². The number of halogens is 1. The van der Waals surface area contributed by atoms with Crippen molar-refractivity contribution in [2.24, 2.45) is 0 Å². The molecule has 3 heteroatoms. The molecule has 1 aliphatic heterocycles. The minimum Gasteiger partial charge on any atom is -0.457 e. The molecule has 2 nitrogen and oxygen atoms in total. The van der Waals surface area contributed by atoms with Gasteiger partial charge in [-0.05, 0) is 61.7 Å². The van der Waals surface area contributed by atoms with Crippen molar-refractivity contribution in [1.29, 1.82) is 0 Å². The average Bonchev–Trinajstić information content (AvgIpc) is 2.96. The standard InChI is InChI=1S/C18H20BrNO/c1-2-15-6-4-12-20(15)16-8-10-17(11-9-16)21-18-7-3-5-14(19)13-18/h3,5,7-11,13,15H,2,4,6,12H2,1H3/t15-/m1/s1. The monoisotopic (exact) mass is 345 g/mol. The predicted molar refractivity (Wildman–Crippen MR) is 91.3 cm³/mol. The van der Waals surface area contributed by atoms with Crippen molar-refractivity contribution in [1.82, 2.24) is 0 Å². The predicted octanol–water partition coefficient (Wildman–Crippen LogP) is 5.62. The molecule has 1 fully saturated rings. The second-order valence-electron chi connectivity index (χ2n) is 5.45. The molecule has 0 aliphatic carbocycles. The van der Waals surface area contributed by atoms with Crippen LogP contribution in [0.2, 0.25) is 0 Å². The maximum absolute atomic E-state index is 5.88. The maximum Gasteiger partial charge on any atom is 0.128 e. The van der Waals surface area contributed by atoms with Crippen molar-refractivity contribution < 1.29 is 4.74 Å². The lowest BCUT2D eigenvalue weighted by Crippen LogP contribution is -2.28. The molecule has 21 heavy (non-hydrogen) atoms. The van der Waals surface area contributed by atoms with Crippen LogP contribution >= 0.6 is 15.9 Å². The van der Waals surface area contributed by atoms with Crippen LogP contribution in [-0.2, 0) is 0 Å². The zero-order valence-corrected chi connectivity index (χ0v) is 13.8. The molecule has 0 radical (unpaired) electrons. The third-order valence-electron chi connectivity index (χ3n) is 4.05. The number of hydrogen-bond acceptors (Lipinski definition) is 2. The van der Waals surface area contributed by atoms with Crippen LogP contribution in [-0.4, -0.2) is 12.6 Å². The van der Waals surface area contributed by atoms with Gasteiger partial charge in [-0.15, -0.1) is 0 Å². The molecule has 1 aliphatic rings. The van der Waals surface area contributed by atoms with Gasteiger partial charge in [0.2, 0.25) is 0 Å². The minimum absolute atomic E-state index is 0.696. The van der Waals surface area contributed by atoms with Crippen LogP contribution in [0.25, 0.3) is 0 Å². The summed E-state index contributed by atoms with van der Waals surface area (Å²) in [7, 11) is 0. The number of ether oxygens (including phenoxy) is 1. The number of nitrogens with zero attached hydrogens (tertiary/aromatic N) is 1. The molecular weight excluding hydrogens is 326 g/mol. The summed E-state index contributed by atoms with van der Waals surface area (Å²) in [5, 5.41) is 0. The topological polar surface area (TPSA) is 12.5 Å². The molecule has 1 saturated heterocycles. The van der Waals surface area contributed by atoms with E-state index in [1.54, 1.807) is 0 Å². The van der Waals surface area contributed by atoms with E-state index in [9.17, 15) is 0 Å². The van der Waals surface area contributed by atoms with Gasteiger partial charge in [-0.2, -0.15) is 0 Å². The third kappa shape index (κ3) is 3.41. The highest BCUT2D eigenvalue weighted by molar-refractivity contribution is 9.10. The SMILES string of the molecule is CC[C@@H]1CCCN1c1ccc(Oc2cccc(Br)c2)cc1. The van der Waals surface area contributed by atoms with Crippen molar-refractivity contribution >= 4 is 21.6 Å². The summed E-state index contributed by atoms with van der Waals surface area (Å²) in [6, 6.07) is 17.1. The Balaban J connectivity index is 1.72. The van der Waals surface area contributed by atoms with Gasteiger partial charge in [-0.25, -0.2) is 0 Å². The molecule has 0 N–H and O–H groups in total. The second kappa shape index (κ2) is 6.52. The van der Waals surface area contributed by atoms with E-state index in [1.165, 1.54) is 31.5 Å². The molecule has 2 aromatic carbocycles. The molecular formula is C18H20BrNO. The van der Waals surface area contributed by atoms with Gasteiger partial charge in [0.15, 0.2) is 0 Å². The lowest BCUT2D eigenvalue weighted by Gasteiger charge is -2.26. The minimum atomic E-state index is 0.696. The normalized spacial score (nSPS) is 18.0. The Morgan fingerprint density at radius 2 is 1.95 bits per heavy atom. The fraction of sp³-hybridized carbons (Fsp3) is 0.333. The van der Waals surface area contributed by atoms with Gasteiger partial charge in [0.05, 0.1) is 0 Å². The van der Waals surface area contributed by atoms with Gasteiger partial charge in [0.25, 0.3) is 0 Å². The fourth-order valence-electron chi connectivity index (χ4n) is 2.97. The van der Waals surface area contributed by atoms with E-state index >= 15 is 0 Å². The van der Waals surface area contributed by atoms with Gasteiger partial charge < -0.3 is 9.64 Å². The summed E-state index contributed by atoms with van der Waals surface area (Å²) < 4.78 is 6.91. The number of anilines is 1. The van der Waals surface area contributed by atoms with Gasteiger partial charge in [0, 0.05) is 22.7 Å². The first kappa shape index (κ1) is 14.5. The van der Waals surface area contributed by atoms with Crippen LogP contribution in [0.3, 0.4) is 0 Å². The largest absolute Gasteiger partial charge is 0.457 e. The molecule has 0 spiro atoms. The van der Waals surface area contributed by atoms with Crippen LogP contribution < -0.4 is 9.64 Å². The van der Waals surface area contributed by atoms with Gasteiger partial charge in [-0.1, -0.05) is 28.9 Å². The summed E-state index contributed by atoms with van der Waals surface area (Å²) in [5.41, 5.74) is 1.31. The Hall–Kier alpha value is -1.48. The highest BCUT2D eigenvalue weighted by Crippen LogP contribution is 2.30. The molecule has 0 saturated carbocycles. The van der Waals surface area contributed by atoms with E-state index in [0.29, 0.717) is 6.04 Å². The molecule has 1 heterocycles. The van der Waals surface area contributed by atoms with E-state index in [1.807, 2.05) is 24.3 Å². The summed E-state index contributed by atoms with van der Waals surface area (Å²) in [5.74, 6) is 1.73. The Labute approximate surface area is 134 Å². The van der Waals surface area contributed by atoms with E-state index in [2.05, 4.69) is 52.0 Å². The highest BCUT2D eigenvalue weighted by Gasteiger charge is 2.22. The Bertz CT molecular complexity index is 596. The molecule has 1 atom stereocenters. The Kier molecular flexibility index (Phi) is 4.49. The van der Waals surface area contributed by atoms with Crippen LogP contribution in [0, 0.1) is 0 Å². The van der Waals surface area contributed by atoms with Crippen molar-refractivity contribution in [2.45, 2.75) is 32.2 Å². The molecule has 0 unspecified atom stereocenters. The molecule has 3 rings (SSSR count). The quantitative estimate of drug-likeness (QED) is 0.712. The molecule has 0 amide bonds. The van der Waals surface area contributed by atoms with Crippen molar-refractivity contribution in [3.8, 4) is 11.5 Å². The Morgan fingerprint density at radius 1 is 1.14 bits per heavy atom. The van der Waals surface area contributed by atoms with E-state index < -0.39 is 0 Å². The number of hydrogen-bond donors (Lipinski definition) is 0. The van der Waals surface area contributed by atoms with Crippen molar-refractivity contribution in [3.63, 3.8) is 0 Å². The zero-order chi connectivity index (χ0) is 14.7. The van der Waals surface area contributed by atoms with Crippen LogP contribution in [0.4, 0.5) is 5.69 Å². The Morgan fingerprint density at radius 3 is 2.67 bits per heavy atom. The highest BCUT2D eigenvalue weighted by atomic mass is 79.9. The maximum atomic E-state index is 5.88. The third-order valence-corrected chi connectivity index (χ3v) is 4.54. The molecule has 0 bridgehead atoms. The lowest BCUT2D eigenvalue weighted by atomic mass is 10.1. The van der Waals surface area contributed by atoms with E-state index in [-0.39, 0.29) is 0 Å². The van der Waals surface area contributed by atoms with Gasteiger partial charge in [-0.3, -0.25) is 0 Å². The van der Waals surface area contributed by atoms with E-state index in [4.69, 9.17) is 4.74 Å². The average molecular weight is 346 g/mol. The summed E-state index contributed by atoms with van der Waals surface area (Å²) in [6.45, 7) is 3.44. The van der Waals surface area contributed by atoms with Crippen molar-refractivity contribution in [3.05, 3.63) is 53.0 Å². The van der Waals surface area contributed by atoms with Crippen LogP contribution in [0.5, 0.6) is 11.5 Å². The summed E-state index contributed by atoms with van der Waals surface area (Å²) >= 11 is 3.46. The zero-order valence-electron chi connectivity index (χ0n) is 12.3. The molecule has 2 aromatic rings. The number of benzene rings is 2. The fourth-order valence-corrected chi connectivity index (χ4v) is 3.35. The second-order valence-corrected chi connectivity index (χ2v) is 6.37. The molecule has 0 aromatic heterocycles. The summed E-state index contributed by atoms with van der Waals surface area (Å²) in [6.07, 6.45) is 3.83. The van der Waals surface area contributed by atoms with Gasteiger partial charge >= 0.3 is 0 Å². The first-order valence-corrected chi connectivity index (χ1v) is 8.35. The number of rotatable bonds is 4. The smallest absolute Gasteiger partial charge is 0.128 e. The first-order valence-electron chi connectivity index (χ1n) is 7.56. The van der Waals surface area contributed by atoms with Crippen LogP contribution in [0.1, 0.15) is 26.2 Å². The molecule has 110 valence electrons. The van der Waals surface area contributed by atoms with Gasteiger partial charge in [0.1, 0.15) is 11.5 Å². The summed E-state index contributed by atoms with van der Waals surface area (Å²) in [4.78, 5) is 2.52.